The van der Waals surface area contributed by atoms with Crippen LogP contribution in [0.5, 0.6) is 5.75 Å². The minimum Gasteiger partial charge on any atom is -0.482 e. The normalized spacial score (nSPS) is 19.3. The van der Waals surface area contributed by atoms with Crippen molar-refractivity contribution in [3.8, 4) is 16.2 Å². The third-order valence-corrected chi connectivity index (χ3v) is 6.68. The number of piperidine rings is 1. The summed E-state index contributed by atoms with van der Waals surface area (Å²) < 4.78 is 11.4. The van der Waals surface area contributed by atoms with Crippen LogP contribution in [0.25, 0.3) is 10.4 Å². The maximum absolute atomic E-state index is 13.0. The van der Waals surface area contributed by atoms with Gasteiger partial charge >= 0.3 is 0 Å². The van der Waals surface area contributed by atoms with Crippen molar-refractivity contribution < 1.29 is 19.1 Å². The average Bonchev–Trinajstić information content (AvgIpc) is 3.24. The van der Waals surface area contributed by atoms with Crippen LogP contribution in [0.3, 0.4) is 0 Å². The molecule has 1 aromatic carbocycles. The highest BCUT2D eigenvalue weighted by Gasteiger charge is 2.24. The molecule has 2 aliphatic heterocycles. The number of ether oxygens (including phenoxy) is 2. The quantitative estimate of drug-likeness (QED) is 0.762. The largest absolute Gasteiger partial charge is 0.482 e. The number of thiophene rings is 1. The minimum atomic E-state index is -0.168. The molecule has 2 fully saturated rings. The van der Waals surface area contributed by atoms with Crippen LogP contribution in [0, 0.1) is 0 Å². The zero-order valence-electron chi connectivity index (χ0n) is 17.1. The third kappa shape index (κ3) is 5.21. The molecule has 160 valence electrons. The van der Waals surface area contributed by atoms with E-state index < -0.39 is 0 Å². The summed E-state index contributed by atoms with van der Waals surface area (Å²) in [6.07, 6.45) is 5.11. The molecule has 2 amide bonds. The van der Waals surface area contributed by atoms with Gasteiger partial charge < -0.3 is 19.7 Å². The number of hydrogen-bond donors (Lipinski definition) is 1. The summed E-state index contributed by atoms with van der Waals surface area (Å²) in [7, 11) is 0. The third-order valence-electron chi connectivity index (χ3n) is 5.52. The molecule has 30 heavy (non-hydrogen) atoms. The van der Waals surface area contributed by atoms with Gasteiger partial charge in [0.1, 0.15) is 10.6 Å². The van der Waals surface area contributed by atoms with Crippen molar-refractivity contribution in [1.29, 1.82) is 0 Å². The smallest absolute Gasteiger partial charge is 0.265 e. The lowest BCUT2D eigenvalue weighted by molar-refractivity contribution is -0.134. The van der Waals surface area contributed by atoms with E-state index in [0.29, 0.717) is 17.2 Å². The summed E-state index contributed by atoms with van der Waals surface area (Å²) in [6.45, 7) is 2.81. The van der Waals surface area contributed by atoms with Crippen LogP contribution in [-0.2, 0) is 9.53 Å². The van der Waals surface area contributed by atoms with Gasteiger partial charge in [-0.25, -0.2) is 0 Å². The maximum atomic E-state index is 13.0. The molecule has 2 saturated heterocycles. The SMILES string of the molecule is O=C(NC1CCCOC1)c1sc(-c2ccccc2)cc1OCC(=O)N1CCCCC1. The summed E-state index contributed by atoms with van der Waals surface area (Å²) in [5, 5.41) is 3.06. The molecule has 2 aromatic rings. The van der Waals surface area contributed by atoms with Crippen LogP contribution in [0.4, 0.5) is 0 Å². The molecular formula is C23H28N2O4S. The molecule has 1 aromatic heterocycles. The highest BCUT2D eigenvalue weighted by atomic mass is 32.1. The first kappa shape index (κ1) is 20.9. The number of carbonyl (C=O) groups excluding carboxylic acids is 2. The first-order valence-corrected chi connectivity index (χ1v) is 11.5. The fourth-order valence-electron chi connectivity index (χ4n) is 3.86. The molecular weight excluding hydrogens is 400 g/mol. The molecule has 1 atom stereocenters. The summed E-state index contributed by atoms with van der Waals surface area (Å²) >= 11 is 1.39. The van der Waals surface area contributed by atoms with Crippen molar-refractivity contribution in [2.24, 2.45) is 0 Å². The van der Waals surface area contributed by atoms with Gasteiger partial charge in [0.25, 0.3) is 11.8 Å². The van der Waals surface area contributed by atoms with Gasteiger partial charge in [-0.3, -0.25) is 9.59 Å². The minimum absolute atomic E-state index is 0.0105. The van der Waals surface area contributed by atoms with Crippen molar-refractivity contribution >= 4 is 23.2 Å². The Morgan fingerprint density at radius 2 is 1.93 bits per heavy atom. The fraction of sp³-hybridized carbons (Fsp3) is 0.478. The Morgan fingerprint density at radius 3 is 2.67 bits per heavy atom. The Kier molecular flexibility index (Phi) is 7.02. The first-order valence-electron chi connectivity index (χ1n) is 10.7. The van der Waals surface area contributed by atoms with Gasteiger partial charge in [0.2, 0.25) is 0 Å². The first-order chi connectivity index (χ1) is 14.7. The predicted molar refractivity (Wildman–Crippen MR) is 117 cm³/mol. The van der Waals surface area contributed by atoms with Crippen LogP contribution >= 0.6 is 11.3 Å². The van der Waals surface area contributed by atoms with Crippen molar-refractivity contribution in [2.75, 3.05) is 32.9 Å². The molecule has 1 unspecified atom stereocenters. The van der Waals surface area contributed by atoms with E-state index in [4.69, 9.17) is 9.47 Å². The molecule has 3 heterocycles. The lowest BCUT2D eigenvalue weighted by Crippen LogP contribution is -2.40. The molecule has 0 spiro atoms. The van der Waals surface area contributed by atoms with Gasteiger partial charge in [0.05, 0.1) is 12.6 Å². The maximum Gasteiger partial charge on any atom is 0.265 e. The zero-order chi connectivity index (χ0) is 20.8. The van der Waals surface area contributed by atoms with Crippen LogP contribution < -0.4 is 10.1 Å². The van der Waals surface area contributed by atoms with Crippen LogP contribution in [0.2, 0.25) is 0 Å². The van der Waals surface area contributed by atoms with E-state index in [1.807, 2.05) is 41.3 Å². The van der Waals surface area contributed by atoms with E-state index in [0.717, 1.165) is 55.8 Å². The lowest BCUT2D eigenvalue weighted by atomic mass is 10.1. The van der Waals surface area contributed by atoms with Gasteiger partial charge in [-0.15, -0.1) is 11.3 Å². The van der Waals surface area contributed by atoms with E-state index >= 15 is 0 Å². The van der Waals surface area contributed by atoms with Crippen LogP contribution in [-0.4, -0.2) is 55.7 Å². The number of benzene rings is 1. The Bertz CT molecular complexity index is 855. The molecule has 7 heteroatoms. The molecule has 4 rings (SSSR count). The summed E-state index contributed by atoms with van der Waals surface area (Å²) in [4.78, 5) is 28.8. The molecule has 1 N–H and O–H groups in total. The number of nitrogens with one attached hydrogen (secondary N) is 1. The van der Waals surface area contributed by atoms with Crippen molar-refractivity contribution in [1.82, 2.24) is 10.2 Å². The van der Waals surface area contributed by atoms with E-state index in [9.17, 15) is 9.59 Å². The van der Waals surface area contributed by atoms with Crippen LogP contribution in [0.1, 0.15) is 41.8 Å². The Balaban J connectivity index is 1.50. The molecule has 0 saturated carbocycles. The van der Waals surface area contributed by atoms with Gasteiger partial charge in [-0.1, -0.05) is 30.3 Å². The number of nitrogens with zero attached hydrogens (tertiary/aromatic N) is 1. The topological polar surface area (TPSA) is 67.9 Å². The average molecular weight is 429 g/mol. The monoisotopic (exact) mass is 428 g/mol. The summed E-state index contributed by atoms with van der Waals surface area (Å²) in [5.74, 6) is 0.283. The van der Waals surface area contributed by atoms with Crippen molar-refractivity contribution in [2.45, 2.75) is 38.1 Å². The molecule has 0 aliphatic carbocycles. The molecule has 0 radical (unpaired) electrons. The van der Waals surface area contributed by atoms with E-state index in [2.05, 4.69) is 5.32 Å². The zero-order valence-corrected chi connectivity index (χ0v) is 17.9. The second-order valence-electron chi connectivity index (χ2n) is 7.79. The second-order valence-corrected chi connectivity index (χ2v) is 8.84. The highest BCUT2D eigenvalue weighted by Crippen LogP contribution is 2.36. The number of rotatable bonds is 6. The summed E-state index contributed by atoms with van der Waals surface area (Å²) in [6, 6.07) is 11.8. The molecule has 0 bridgehead atoms. The molecule has 6 nitrogen and oxygen atoms in total. The Hall–Kier alpha value is -2.38. The van der Waals surface area contributed by atoms with Crippen molar-refractivity contribution in [3.63, 3.8) is 0 Å². The fourth-order valence-corrected chi connectivity index (χ4v) is 4.87. The Labute approximate surface area is 181 Å². The molecule has 2 aliphatic rings. The van der Waals surface area contributed by atoms with E-state index in [-0.39, 0.29) is 24.5 Å². The van der Waals surface area contributed by atoms with Crippen LogP contribution in [0.15, 0.2) is 36.4 Å². The Morgan fingerprint density at radius 1 is 1.13 bits per heavy atom. The number of carbonyl (C=O) groups is 2. The number of likely N-dealkylation sites (tertiary alicyclic amines) is 1. The summed E-state index contributed by atoms with van der Waals surface area (Å²) in [5.41, 5.74) is 1.02. The van der Waals surface area contributed by atoms with E-state index in [1.54, 1.807) is 0 Å². The van der Waals surface area contributed by atoms with Gasteiger partial charge in [0.15, 0.2) is 6.61 Å². The van der Waals surface area contributed by atoms with E-state index in [1.165, 1.54) is 17.8 Å². The standard InChI is InChI=1S/C23H28N2O4S/c26-21(25-11-5-2-6-12-25)16-29-19-14-20(17-8-3-1-4-9-17)30-22(19)23(27)24-18-10-7-13-28-15-18/h1,3-4,8-9,14,18H,2,5-7,10-13,15-16H2,(H,24,27). The predicted octanol–water partition coefficient (Wildman–Crippen LogP) is 3.72. The highest BCUT2D eigenvalue weighted by molar-refractivity contribution is 7.17. The van der Waals surface area contributed by atoms with Gasteiger partial charge in [-0.2, -0.15) is 0 Å². The van der Waals surface area contributed by atoms with Gasteiger partial charge in [-0.05, 0) is 43.7 Å². The second kappa shape index (κ2) is 10.1. The van der Waals surface area contributed by atoms with Crippen molar-refractivity contribution in [3.05, 3.63) is 41.3 Å². The van der Waals surface area contributed by atoms with Gasteiger partial charge in [0, 0.05) is 24.6 Å². The number of hydrogen-bond acceptors (Lipinski definition) is 5. The lowest BCUT2D eigenvalue weighted by Gasteiger charge is -2.26. The number of amides is 2.